The van der Waals surface area contributed by atoms with Crippen LogP contribution < -0.4 is 5.32 Å². The van der Waals surface area contributed by atoms with Crippen LogP contribution in [0, 0.1) is 11.6 Å². The molecule has 1 aromatic heterocycles. The van der Waals surface area contributed by atoms with E-state index in [9.17, 15) is 8.78 Å². The first-order valence-corrected chi connectivity index (χ1v) is 6.58. The summed E-state index contributed by atoms with van der Waals surface area (Å²) in [7, 11) is 1.64. The molecular weight excluding hydrogens is 270 g/mol. The Balaban J connectivity index is 2.04. The first-order valence-electron chi connectivity index (χ1n) is 5.81. The summed E-state index contributed by atoms with van der Waals surface area (Å²) in [4.78, 5) is 0.995. The molecule has 3 nitrogen and oxygen atoms in total. The van der Waals surface area contributed by atoms with Crippen molar-refractivity contribution in [1.29, 1.82) is 0 Å². The third-order valence-electron chi connectivity index (χ3n) is 2.55. The van der Waals surface area contributed by atoms with Crippen molar-refractivity contribution in [3.63, 3.8) is 0 Å². The predicted octanol–water partition coefficient (Wildman–Crippen LogP) is 2.82. The van der Waals surface area contributed by atoms with Crippen molar-refractivity contribution in [1.82, 2.24) is 9.69 Å². The van der Waals surface area contributed by atoms with Gasteiger partial charge in [0.1, 0.15) is 11.6 Å². The zero-order valence-electron chi connectivity index (χ0n) is 10.5. The van der Waals surface area contributed by atoms with Gasteiger partial charge in [-0.15, -0.1) is 0 Å². The maximum Gasteiger partial charge on any atom is 0.135 e. The molecule has 0 bridgehead atoms. The molecule has 0 unspecified atom stereocenters. The molecule has 0 spiro atoms. The number of ether oxygens (including phenoxy) is 1. The molecule has 2 aromatic rings. The molecule has 0 radical (unpaired) electrons. The standard InChI is InChI=1S/C13H14F2N2OS/c1-18-5-4-16-8-10-7-13(17-19-10)11-3-2-9(14)6-12(11)15/h2-3,6-7,16H,4-5,8H2,1H3. The summed E-state index contributed by atoms with van der Waals surface area (Å²) in [5, 5.41) is 3.18. The van der Waals surface area contributed by atoms with Gasteiger partial charge in [-0.1, -0.05) is 0 Å². The van der Waals surface area contributed by atoms with Crippen molar-refractivity contribution < 1.29 is 13.5 Å². The van der Waals surface area contributed by atoms with Crippen molar-refractivity contribution in [2.45, 2.75) is 6.54 Å². The van der Waals surface area contributed by atoms with E-state index in [0.29, 0.717) is 24.4 Å². The minimum atomic E-state index is -0.593. The van der Waals surface area contributed by atoms with E-state index < -0.39 is 11.6 Å². The molecule has 0 aliphatic carbocycles. The van der Waals surface area contributed by atoms with Crippen LogP contribution in [-0.2, 0) is 11.3 Å². The number of methoxy groups -OCH3 is 1. The smallest absolute Gasteiger partial charge is 0.135 e. The lowest BCUT2D eigenvalue weighted by Crippen LogP contribution is -2.17. The van der Waals surface area contributed by atoms with Crippen molar-refractivity contribution in [2.75, 3.05) is 20.3 Å². The third-order valence-corrected chi connectivity index (χ3v) is 3.33. The first-order chi connectivity index (χ1) is 9.20. The lowest BCUT2D eigenvalue weighted by Gasteiger charge is -2.00. The predicted molar refractivity (Wildman–Crippen MR) is 71.0 cm³/mol. The van der Waals surface area contributed by atoms with Gasteiger partial charge in [0, 0.05) is 36.7 Å². The lowest BCUT2D eigenvalue weighted by molar-refractivity contribution is 0.199. The van der Waals surface area contributed by atoms with Gasteiger partial charge in [0.15, 0.2) is 0 Å². The molecular formula is C13H14F2N2OS. The van der Waals surface area contributed by atoms with Crippen LogP contribution in [0.2, 0.25) is 0 Å². The molecule has 0 aliphatic heterocycles. The fraction of sp³-hybridized carbons (Fsp3) is 0.308. The summed E-state index contributed by atoms with van der Waals surface area (Å²) >= 11 is 1.30. The number of aromatic nitrogens is 1. The molecule has 102 valence electrons. The van der Waals surface area contributed by atoms with Gasteiger partial charge >= 0.3 is 0 Å². The fourth-order valence-electron chi connectivity index (χ4n) is 1.61. The van der Waals surface area contributed by atoms with Crippen LogP contribution in [0.15, 0.2) is 24.3 Å². The minimum Gasteiger partial charge on any atom is -0.383 e. The highest BCUT2D eigenvalue weighted by Crippen LogP contribution is 2.25. The first kappa shape index (κ1) is 14.0. The van der Waals surface area contributed by atoms with E-state index in [0.717, 1.165) is 17.5 Å². The Morgan fingerprint density at radius 3 is 2.89 bits per heavy atom. The third kappa shape index (κ3) is 3.79. The average Bonchev–Trinajstić information content (AvgIpc) is 2.83. The second kappa shape index (κ2) is 6.70. The Morgan fingerprint density at radius 1 is 1.32 bits per heavy atom. The number of hydrogen-bond acceptors (Lipinski definition) is 4. The summed E-state index contributed by atoms with van der Waals surface area (Å²) in [6, 6.07) is 5.31. The Morgan fingerprint density at radius 2 is 2.16 bits per heavy atom. The van der Waals surface area contributed by atoms with Gasteiger partial charge in [-0.05, 0) is 29.7 Å². The van der Waals surface area contributed by atoms with Gasteiger partial charge in [0.2, 0.25) is 0 Å². The second-order valence-electron chi connectivity index (χ2n) is 3.97. The van der Waals surface area contributed by atoms with Gasteiger partial charge in [0.25, 0.3) is 0 Å². The molecule has 0 amide bonds. The fourth-order valence-corrected chi connectivity index (χ4v) is 2.30. The van der Waals surface area contributed by atoms with Gasteiger partial charge < -0.3 is 10.1 Å². The number of halogens is 2. The van der Waals surface area contributed by atoms with Crippen molar-refractivity contribution in [2.24, 2.45) is 0 Å². The normalized spacial score (nSPS) is 10.9. The maximum absolute atomic E-state index is 13.6. The summed E-state index contributed by atoms with van der Waals surface area (Å²) < 4.78 is 35.5. The van der Waals surface area contributed by atoms with Crippen molar-refractivity contribution in [3.05, 3.63) is 40.8 Å². The number of nitrogens with one attached hydrogen (secondary N) is 1. The molecule has 19 heavy (non-hydrogen) atoms. The quantitative estimate of drug-likeness (QED) is 0.828. The van der Waals surface area contributed by atoms with Crippen LogP contribution in [0.5, 0.6) is 0 Å². The summed E-state index contributed by atoms with van der Waals surface area (Å²) in [5.41, 5.74) is 0.854. The van der Waals surface area contributed by atoms with E-state index >= 15 is 0 Å². The Hall–Kier alpha value is -1.37. The number of nitrogens with zero attached hydrogens (tertiary/aromatic N) is 1. The molecule has 0 fully saturated rings. The van der Waals surface area contributed by atoms with E-state index in [4.69, 9.17) is 4.74 Å². The van der Waals surface area contributed by atoms with Crippen LogP contribution in [0.25, 0.3) is 11.3 Å². The summed E-state index contributed by atoms with van der Waals surface area (Å²) in [6.07, 6.45) is 0. The second-order valence-corrected chi connectivity index (χ2v) is 4.86. The van der Waals surface area contributed by atoms with E-state index in [1.54, 1.807) is 13.2 Å². The lowest BCUT2D eigenvalue weighted by atomic mass is 10.1. The Bertz CT molecular complexity index is 545. The molecule has 0 aliphatic rings. The summed E-state index contributed by atoms with van der Waals surface area (Å²) in [5.74, 6) is -1.18. The Labute approximate surface area is 114 Å². The molecule has 0 atom stereocenters. The SMILES string of the molecule is COCCNCc1cc(-c2ccc(F)cc2F)ns1. The molecule has 0 saturated carbocycles. The molecule has 1 heterocycles. The molecule has 0 saturated heterocycles. The topological polar surface area (TPSA) is 34.1 Å². The highest BCUT2D eigenvalue weighted by atomic mass is 32.1. The van der Waals surface area contributed by atoms with E-state index in [-0.39, 0.29) is 0 Å². The van der Waals surface area contributed by atoms with Crippen LogP contribution >= 0.6 is 11.5 Å². The monoisotopic (exact) mass is 284 g/mol. The average molecular weight is 284 g/mol. The van der Waals surface area contributed by atoms with E-state index in [2.05, 4.69) is 9.69 Å². The highest BCUT2D eigenvalue weighted by molar-refractivity contribution is 7.06. The van der Waals surface area contributed by atoms with Crippen molar-refractivity contribution in [3.8, 4) is 11.3 Å². The molecule has 1 N–H and O–H groups in total. The van der Waals surface area contributed by atoms with Gasteiger partial charge in [-0.3, -0.25) is 0 Å². The van der Waals surface area contributed by atoms with E-state index in [1.165, 1.54) is 23.7 Å². The van der Waals surface area contributed by atoms with Crippen LogP contribution in [0.4, 0.5) is 8.78 Å². The molecule has 6 heteroatoms. The largest absolute Gasteiger partial charge is 0.383 e. The van der Waals surface area contributed by atoms with Crippen LogP contribution in [0.3, 0.4) is 0 Å². The van der Waals surface area contributed by atoms with Crippen molar-refractivity contribution >= 4 is 11.5 Å². The van der Waals surface area contributed by atoms with Gasteiger partial charge in [-0.25, -0.2) is 8.78 Å². The van der Waals surface area contributed by atoms with Gasteiger partial charge in [-0.2, -0.15) is 4.37 Å². The molecule has 1 aromatic carbocycles. The Kier molecular flexibility index (Phi) is 4.95. The number of rotatable bonds is 6. The molecule has 2 rings (SSSR count). The maximum atomic E-state index is 13.6. The number of benzene rings is 1. The van der Waals surface area contributed by atoms with Crippen LogP contribution in [0.1, 0.15) is 4.88 Å². The van der Waals surface area contributed by atoms with Gasteiger partial charge in [0.05, 0.1) is 12.3 Å². The zero-order valence-corrected chi connectivity index (χ0v) is 11.3. The van der Waals surface area contributed by atoms with E-state index in [1.807, 2.05) is 0 Å². The summed E-state index contributed by atoms with van der Waals surface area (Å²) in [6.45, 7) is 2.04. The minimum absolute atomic E-state index is 0.320. The highest BCUT2D eigenvalue weighted by Gasteiger charge is 2.10. The van der Waals surface area contributed by atoms with Crippen LogP contribution in [-0.4, -0.2) is 24.6 Å². The zero-order chi connectivity index (χ0) is 13.7. The number of hydrogen-bond donors (Lipinski definition) is 1.